The Morgan fingerprint density at radius 1 is 0.400 bits per heavy atom. The molecule has 0 saturated carbocycles. The summed E-state index contributed by atoms with van der Waals surface area (Å²) in [6.45, 7) is 0. The molecule has 0 saturated heterocycles. The highest BCUT2D eigenvalue weighted by Crippen LogP contribution is 2.44. The number of hydrogen-bond acceptors (Lipinski definition) is 1. The number of aromatic nitrogens is 3. The molecule has 0 spiro atoms. The Kier molecular flexibility index (Phi) is 6.84. The zero-order valence-electron chi connectivity index (χ0n) is 25.3. The summed E-state index contributed by atoms with van der Waals surface area (Å²) in [7, 11) is 0. The second-order valence-corrected chi connectivity index (χ2v) is 11.8. The molecule has 250 valence electrons. The third-order valence-electron chi connectivity index (χ3n) is 8.89. The first-order chi connectivity index (χ1) is 23.7. The third kappa shape index (κ3) is 4.96. The number of fused-ring (bicyclic) bond motifs is 6. The third-order valence-corrected chi connectivity index (χ3v) is 8.89. The summed E-state index contributed by atoms with van der Waals surface area (Å²) in [5.41, 5.74) is -0.178. The molecule has 0 aliphatic heterocycles. The molecular formula is C38H20F9N3. The summed E-state index contributed by atoms with van der Waals surface area (Å²) >= 11 is 0. The summed E-state index contributed by atoms with van der Waals surface area (Å²) < 4.78 is 129. The molecule has 0 radical (unpaired) electrons. The van der Waals surface area contributed by atoms with Crippen molar-refractivity contribution in [2.75, 3.05) is 0 Å². The molecule has 0 N–H and O–H groups in total. The van der Waals surface area contributed by atoms with Gasteiger partial charge in [0.1, 0.15) is 0 Å². The van der Waals surface area contributed by atoms with Crippen molar-refractivity contribution < 1.29 is 39.5 Å². The minimum absolute atomic E-state index is 0.0140. The first-order valence-electron chi connectivity index (χ1n) is 15.1. The molecule has 5 aromatic carbocycles. The SMILES string of the molecule is FC(F)(F)c1ccc(-c2cnccc2-n2c3ccccc3c3cc(C(F)(F)F)ccc32)c(-n2c3ccccc3c3cc(C(F)(F)F)ccc32)c1. The minimum atomic E-state index is -4.77. The van der Waals surface area contributed by atoms with E-state index in [2.05, 4.69) is 4.98 Å². The molecule has 0 atom stereocenters. The maximum Gasteiger partial charge on any atom is 0.416 e. The van der Waals surface area contributed by atoms with Crippen LogP contribution in [-0.2, 0) is 18.5 Å². The second kappa shape index (κ2) is 10.9. The van der Waals surface area contributed by atoms with Crippen molar-refractivity contribution in [3.8, 4) is 22.5 Å². The molecule has 0 bridgehead atoms. The van der Waals surface area contributed by atoms with Gasteiger partial charge in [-0.25, -0.2) is 0 Å². The van der Waals surface area contributed by atoms with E-state index in [1.807, 2.05) is 0 Å². The number of rotatable bonds is 3. The lowest BCUT2D eigenvalue weighted by Crippen LogP contribution is -2.08. The fourth-order valence-electron chi connectivity index (χ4n) is 6.73. The van der Waals surface area contributed by atoms with E-state index in [1.165, 1.54) is 35.2 Å². The Morgan fingerprint density at radius 2 is 0.840 bits per heavy atom. The van der Waals surface area contributed by atoms with Crippen molar-refractivity contribution in [3.05, 3.63) is 138 Å². The van der Waals surface area contributed by atoms with Crippen LogP contribution in [-0.4, -0.2) is 14.1 Å². The molecule has 8 rings (SSSR count). The van der Waals surface area contributed by atoms with Crippen LogP contribution in [0.4, 0.5) is 39.5 Å². The summed E-state index contributed by atoms with van der Waals surface area (Å²) in [6.07, 6.45) is -11.1. The average molecular weight is 690 g/mol. The predicted octanol–water partition coefficient (Wildman–Crippen LogP) is 12.0. The first-order valence-corrected chi connectivity index (χ1v) is 15.1. The molecule has 0 amide bonds. The monoisotopic (exact) mass is 689 g/mol. The van der Waals surface area contributed by atoms with E-state index in [0.717, 1.165) is 36.4 Å². The van der Waals surface area contributed by atoms with Crippen molar-refractivity contribution in [2.24, 2.45) is 0 Å². The lowest BCUT2D eigenvalue weighted by molar-refractivity contribution is -0.138. The van der Waals surface area contributed by atoms with Crippen LogP contribution in [0.15, 0.2) is 122 Å². The average Bonchev–Trinajstić information content (AvgIpc) is 3.59. The van der Waals surface area contributed by atoms with Crippen molar-refractivity contribution >= 4 is 43.6 Å². The van der Waals surface area contributed by atoms with E-state index < -0.39 is 35.2 Å². The normalized spacial score (nSPS) is 12.9. The van der Waals surface area contributed by atoms with Gasteiger partial charge >= 0.3 is 18.5 Å². The van der Waals surface area contributed by atoms with Crippen molar-refractivity contribution in [1.82, 2.24) is 14.1 Å². The maximum absolute atomic E-state index is 14.3. The zero-order chi connectivity index (χ0) is 35.2. The number of pyridine rings is 1. The van der Waals surface area contributed by atoms with Gasteiger partial charge in [-0.2, -0.15) is 39.5 Å². The molecule has 8 aromatic rings. The van der Waals surface area contributed by atoms with Crippen LogP contribution < -0.4 is 0 Å². The van der Waals surface area contributed by atoms with Gasteiger partial charge in [-0.1, -0.05) is 42.5 Å². The van der Waals surface area contributed by atoms with Gasteiger partial charge in [0, 0.05) is 45.1 Å². The van der Waals surface area contributed by atoms with Crippen LogP contribution in [0.3, 0.4) is 0 Å². The van der Waals surface area contributed by atoms with Gasteiger partial charge in [-0.15, -0.1) is 0 Å². The number of alkyl halides is 9. The highest BCUT2D eigenvalue weighted by molar-refractivity contribution is 6.11. The summed E-state index contributed by atoms with van der Waals surface area (Å²) in [5.74, 6) is 0. The number of hydrogen-bond donors (Lipinski definition) is 0. The van der Waals surface area contributed by atoms with Crippen LogP contribution in [0.2, 0.25) is 0 Å². The van der Waals surface area contributed by atoms with E-state index in [9.17, 15) is 39.5 Å². The molecule has 50 heavy (non-hydrogen) atoms. The second-order valence-electron chi connectivity index (χ2n) is 11.8. The van der Waals surface area contributed by atoms with Gasteiger partial charge in [0.05, 0.1) is 50.1 Å². The number of nitrogens with zero attached hydrogens (tertiary/aromatic N) is 3. The maximum atomic E-state index is 14.3. The molecule has 3 aromatic heterocycles. The highest BCUT2D eigenvalue weighted by atomic mass is 19.4. The summed E-state index contributed by atoms with van der Waals surface area (Å²) in [5, 5.41) is 1.42. The lowest BCUT2D eigenvalue weighted by Gasteiger charge is -2.20. The molecule has 0 aliphatic rings. The van der Waals surface area contributed by atoms with Gasteiger partial charge in [0.15, 0.2) is 0 Å². The van der Waals surface area contributed by atoms with Crippen LogP contribution in [0.25, 0.3) is 66.1 Å². The first kappa shape index (κ1) is 31.5. The van der Waals surface area contributed by atoms with E-state index in [0.29, 0.717) is 44.0 Å². The molecule has 12 heteroatoms. The van der Waals surface area contributed by atoms with Crippen molar-refractivity contribution in [2.45, 2.75) is 18.5 Å². The smallest absolute Gasteiger partial charge is 0.309 e. The molecule has 0 aliphatic carbocycles. The molecule has 3 heterocycles. The van der Waals surface area contributed by atoms with E-state index in [4.69, 9.17) is 0 Å². The lowest BCUT2D eigenvalue weighted by atomic mass is 10.00. The fraction of sp³-hybridized carbons (Fsp3) is 0.0789. The Balaban J connectivity index is 1.46. The van der Waals surface area contributed by atoms with Gasteiger partial charge in [-0.05, 0) is 66.7 Å². The Hall–Kier alpha value is -5.78. The summed E-state index contributed by atoms with van der Waals surface area (Å²) in [6, 6.07) is 24.5. The van der Waals surface area contributed by atoms with E-state index in [-0.39, 0.29) is 22.2 Å². The quantitative estimate of drug-likeness (QED) is 0.169. The number of halogens is 9. The molecule has 0 fully saturated rings. The standard InChI is InChI=1S/C38H20F9N3/c39-36(40,41)21-10-13-32-27(17-21)24-5-1-3-7-30(24)49(32)34-15-16-48-20-29(34)26-12-9-23(38(45,46)47)19-35(26)50-31-8-4-2-6-25(31)28-18-22(37(42,43)44)11-14-33(28)50/h1-20H. The molecule has 3 nitrogen and oxygen atoms in total. The predicted molar refractivity (Wildman–Crippen MR) is 173 cm³/mol. The summed E-state index contributed by atoms with van der Waals surface area (Å²) in [4.78, 5) is 4.28. The minimum Gasteiger partial charge on any atom is -0.309 e. The number of benzene rings is 5. The van der Waals surface area contributed by atoms with Gasteiger partial charge < -0.3 is 9.13 Å². The van der Waals surface area contributed by atoms with Crippen LogP contribution in [0, 0.1) is 0 Å². The zero-order valence-corrected chi connectivity index (χ0v) is 25.3. The fourth-order valence-corrected chi connectivity index (χ4v) is 6.73. The van der Waals surface area contributed by atoms with Gasteiger partial charge in [0.2, 0.25) is 0 Å². The Bertz CT molecular complexity index is 2620. The molecule has 0 unspecified atom stereocenters. The largest absolute Gasteiger partial charge is 0.416 e. The van der Waals surface area contributed by atoms with Crippen molar-refractivity contribution in [3.63, 3.8) is 0 Å². The van der Waals surface area contributed by atoms with Gasteiger partial charge in [-0.3, -0.25) is 4.98 Å². The Labute approximate surface area is 276 Å². The van der Waals surface area contributed by atoms with Crippen LogP contribution >= 0.6 is 0 Å². The van der Waals surface area contributed by atoms with Crippen LogP contribution in [0.1, 0.15) is 16.7 Å². The van der Waals surface area contributed by atoms with Crippen LogP contribution in [0.5, 0.6) is 0 Å². The van der Waals surface area contributed by atoms with Crippen molar-refractivity contribution in [1.29, 1.82) is 0 Å². The highest BCUT2D eigenvalue weighted by Gasteiger charge is 2.34. The van der Waals surface area contributed by atoms with E-state index in [1.54, 1.807) is 59.2 Å². The van der Waals surface area contributed by atoms with Gasteiger partial charge in [0.25, 0.3) is 0 Å². The Morgan fingerprint density at radius 3 is 1.36 bits per heavy atom. The van der Waals surface area contributed by atoms with E-state index >= 15 is 0 Å². The molecular weight excluding hydrogens is 669 g/mol. The topological polar surface area (TPSA) is 22.8 Å². The number of para-hydroxylation sites is 2.